The van der Waals surface area contributed by atoms with Gasteiger partial charge in [-0.3, -0.25) is 0 Å². The van der Waals surface area contributed by atoms with E-state index in [9.17, 15) is 0 Å². The number of hydrogen-bond acceptors (Lipinski definition) is 2. The van der Waals surface area contributed by atoms with Gasteiger partial charge in [-0.05, 0) is 141 Å². The molecule has 3 aliphatic heterocycles. The minimum Gasteiger partial charge on any atom is -0.310 e. The van der Waals surface area contributed by atoms with Gasteiger partial charge in [0.05, 0.1) is 33.1 Å². The molecule has 1 unspecified atom stereocenters. The maximum Gasteiger partial charge on any atom is 0.0634 e. The number of fused-ring (bicyclic) bond motifs is 13. The highest BCUT2D eigenvalue weighted by Crippen LogP contribution is 2.58. The molecule has 0 saturated heterocycles. The van der Waals surface area contributed by atoms with E-state index in [0.717, 1.165) is 34.1 Å². The van der Waals surface area contributed by atoms with Gasteiger partial charge in [-0.1, -0.05) is 214 Å². The summed E-state index contributed by atoms with van der Waals surface area (Å²) in [6.45, 7) is 7.17. The lowest BCUT2D eigenvalue weighted by molar-refractivity contribution is 0.660. The highest BCUT2D eigenvalue weighted by molar-refractivity contribution is 6.38. The van der Waals surface area contributed by atoms with E-state index in [0.29, 0.717) is 0 Å². The number of benzene rings is 13. The molecule has 0 fully saturated rings. The molecule has 1 atom stereocenters. The summed E-state index contributed by atoms with van der Waals surface area (Å²) >= 11 is 0. The predicted molar refractivity (Wildman–Crippen MR) is 365 cm³/mol. The Morgan fingerprint density at radius 3 is 1.47 bits per heavy atom. The number of nitrogens with zero attached hydrogens (tertiary/aromatic N) is 4. The van der Waals surface area contributed by atoms with E-state index < -0.39 is 5.41 Å². The molecule has 22 rings (SSSR count). The van der Waals surface area contributed by atoms with Gasteiger partial charge in [0.25, 0.3) is 0 Å². The van der Waals surface area contributed by atoms with Crippen LogP contribution < -0.4 is 9.80 Å². The van der Waals surface area contributed by atoms with Crippen LogP contribution in [0.3, 0.4) is 0 Å². The first-order valence-corrected chi connectivity index (χ1v) is 30.6. The van der Waals surface area contributed by atoms with E-state index in [4.69, 9.17) is 0 Å². The molecule has 2 aliphatic carbocycles. The predicted octanol–water partition coefficient (Wildman–Crippen LogP) is 22.2. The normalized spacial score (nSPS) is 15.4. The summed E-state index contributed by atoms with van der Waals surface area (Å²) in [5, 5.41) is 9.98. The third-order valence-electron chi connectivity index (χ3n) is 20.7. The Labute approximate surface area is 502 Å². The van der Waals surface area contributed by atoms with Gasteiger partial charge in [0.15, 0.2) is 0 Å². The van der Waals surface area contributed by atoms with Crippen molar-refractivity contribution in [1.29, 1.82) is 0 Å². The van der Waals surface area contributed by atoms with E-state index in [-0.39, 0.29) is 5.41 Å². The zero-order valence-corrected chi connectivity index (χ0v) is 48.3. The summed E-state index contributed by atoms with van der Waals surface area (Å²) in [6, 6.07) is 104. The first kappa shape index (κ1) is 47.4. The zero-order valence-electron chi connectivity index (χ0n) is 48.3. The molecule has 4 nitrogen and oxygen atoms in total. The molecular formula is C83H54N4. The van der Waals surface area contributed by atoms with Gasteiger partial charge < -0.3 is 18.6 Å². The van der Waals surface area contributed by atoms with Crippen molar-refractivity contribution >= 4 is 110 Å². The van der Waals surface area contributed by atoms with E-state index in [1.165, 1.54) is 149 Å². The van der Waals surface area contributed by atoms with Crippen molar-refractivity contribution in [1.82, 2.24) is 8.80 Å². The standard InChI is InChI=1S/C83H54N4/c1-82(2)68-31-15-13-25-58(68)66-45-54(39-43-69(66)82)84(52-21-9-5-10-22-52)56-37-41-60-63-28-18-30-65-77-75-50-33-35-51(36-34-50)83(3)70-32-16-14-26-59(70)67-46-55(40-44-71(67)83)85(53-23-11-6-12-24-53)57-38-42-61-62-27-17-29-64-76(81(75)87(78(62)64)73(61)48-57)74(49-19-7-4-8-20-49)80(77)86(79(63)65)72(60)47-56/h4-48H,1-3H3. The number of anilines is 6. The van der Waals surface area contributed by atoms with Gasteiger partial charge in [0, 0.05) is 99.2 Å². The Kier molecular flexibility index (Phi) is 9.10. The maximum absolute atomic E-state index is 2.67. The summed E-state index contributed by atoms with van der Waals surface area (Å²) in [4.78, 5) is 4.93. The summed E-state index contributed by atoms with van der Waals surface area (Å²) in [7, 11) is 0. The lowest BCUT2D eigenvalue weighted by atomic mass is 9.74. The fourth-order valence-electron chi connectivity index (χ4n) is 16.9. The van der Waals surface area contributed by atoms with Crippen LogP contribution in [0.5, 0.6) is 0 Å². The van der Waals surface area contributed by atoms with Crippen molar-refractivity contribution in [2.75, 3.05) is 9.80 Å². The number of hydrogen-bond donors (Lipinski definition) is 0. The van der Waals surface area contributed by atoms with Crippen LogP contribution in [-0.4, -0.2) is 8.80 Å². The summed E-state index contributed by atoms with van der Waals surface area (Å²) in [5.41, 5.74) is 30.2. The van der Waals surface area contributed by atoms with Crippen LogP contribution in [0.1, 0.15) is 48.6 Å². The van der Waals surface area contributed by atoms with Gasteiger partial charge in [0.1, 0.15) is 0 Å². The highest BCUT2D eigenvalue weighted by Gasteiger charge is 2.42. The smallest absolute Gasteiger partial charge is 0.0634 e. The highest BCUT2D eigenvalue weighted by atomic mass is 15.2. The van der Waals surface area contributed by atoms with E-state index in [2.05, 4.69) is 312 Å². The molecule has 5 aliphatic rings. The molecule has 406 valence electrons. The molecule has 7 heterocycles. The minimum absolute atomic E-state index is 0.0993. The number of para-hydroxylation sites is 4. The zero-order chi connectivity index (χ0) is 57.2. The molecule has 0 saturated carbocycles. The first-order chi connectivity index (χ1) is 42.8. The Morgan fingerprint density at radius 2 is 0.782 bits per heavy atom. The van der Waals surface area contributed by atoms with Gasteiger partial charge in [-0.15, -0.1) is 0 Å². The molecule has 0 N–H and O–H groups in total. The van der Waals surface area contributed by atoms with Crippen molar-refractivity contribution in [2.24, 2.45) is 0 Å². The molecule has 0 amide bonds. The lowest BCUT2D eigenvalue weighted by Gasteiger charge is -2.30. The Balaban J connectivity index is 0.948. The van der Waals surface area contributed by atoms with Crippen molar-refractivity contribution < 1.29 is 0 Å². The fraction of sp³-hybridized carbons (Fsp3) is 0.0602. The summed E-state index contributed by atoms with van der Waals surface area (Å²) in [5.74, 6) is 0. The second-order valence-corrected chi connectivity index (χ2v) is 25.3. The molecule has 13 aromatic carbocycles. The van der Waals surface area contributed by atoms with Crippen LogP contribution in [0.4, 0.5) is 34.1 Å². The molecule has 0 spiro atoms. The monoisotopic (exact) mass is 1110 g/mol. The molecule has 4 heteroatoms. The second kappa shape index (κ2) is 16.7. The quantitative estimate of drug-likeness (QED) is 0.171. The average molecular weight is 1110 g/mol. The van der Waals surface area contributed by atoms with Crippen LogP contribution in [0.2, 0.25) is 0 Å². The fourth-order valence-corrected chi connectivity index (χ4v) is 16.9. The van der Waals surface area contributed by atoms with Crippen molar-refractivity contribution in [3.05, 3.63) is 301 Å². The van der Waals surface area contributed by atoms with Crippen molar-refractivity contribution in [2.45, 2.75) is 31.6 Å². The van der Waals surface area contributed by atoms with Crippen LogP contribution >= 0.6 is 0 Å². The van der Waals surface area contributed by atoms with E-state index in [1.807, 2.05) is 0 Å². The van der Waals surface area contributed by atoms with E-state index in [1.54, 1.807) is 0 Å². The van der Waals surface area contributed by atoms with Crippen LogP contribution in [0.15, 0.2) is 273 Å². The lowest BCUT2D eigenvalue weighted by Crippen LogP contribution is -2.22. The maximum atomic E-state index is 2.67. The first-order valence-electron chi connectivity index (χ1n) is 30.6. The third-order valence-corrected chi connectivity index (χ3v) is 20.7. The van der Waals surface area contributed by atoms with Crippen LogP contribution in [0.25, 0.3) is 121 Å². The Bertz CT molecular complexity index is 5790. The number of rotatable bonds is 5. The van der Waals surface area contributed by atoms with Crippen LogP contribution in [-0.2, 0) is 10.8 Å². The topological polar surface area (TPSA) is 15.3 Å². The molecule has 8 bridgehead atoms. The number of aromatic nitrogens is 2. The van der Waals surface area contributed by atoms with Crippen molar-refractivity contribution in [3.63, 3.8) is 0 Å². The van der Waals surface area contributed by atoms with Crippen molar-refractivity contribution in [3.8, 4) is 44.5 Å². The molecule has 4 aromatic heterocycles. The average Bonchev–Trinajstić information content (AvgIpc) is 1.51. The van der Waals surface area contributed by atoms with Gasteiger partial charge >= 0.3 is 0 Å². The Morgan fingerprint density at radius 1 is 0.299 bits per heavy atom. The second-order valence-electron chi connectivity index (χ2n) is 25.3. The van der Waals surface area contributed by atoms with Gasteiger partial charge in [-0.2, -0.15) is 0 Å². The Hall–Kier alpha value is -10.9. The largest absolute Gasteiger partial charge is 0.310 e. The third kappa shape index (κ3) is 5.97. The summed E-state index contributed by atoms with van der Waals surface area (Å²) in [6.07, 6.45) is 0. The van der Waals surface area contributed by atoms with Gasteiger partial charge in [-0.25, -0.2) is 0 Å². The minimum atomic E-state index is -0.400. The molecular weight excluding hydrogens is 1050 g/mol. The molecule has 17 aromatic rings. The molecule has 87 heavy (non-hydrogen) atoms. The molecule has 0 radical (unpaired) electrons. The van der Waals surface area contributed by atoms with Gasteiger partial charge in [0.2, 0.25) is 0 Å². The van der Waals surface area contributed by atoms with E-state index >= 15 is 0 Å². The SMILES string of the molecule is CC1(C)c2ccccc2-c2cc(N(c3ccccc3)c3ccc4c5cccc6c7c8c9c(c(-c%10ccccc%10)c7n(c4c3)c56)c3cccc4c5ccc(cc5n9c43)N(c3ccccc3)c3ccc4c(c3)-c3ccccc3C4(C)c3ccc-8cc3)ccc21. The summed E-state index contributed by atoms with van der Waals surface area (Å²) < 4.78 is 5.33. The van der Waals surface area contributed by atoms with Crippen LogP contribution in [0, 0.1) is 0 Å².